The number of carboxylic acid groups (broad SMARTS) is 1. The number of carbonyl (C=O) groups is 1. The summed E-state index contributed by atoms with van der Waals surface area (Å²) >= 11 is 0. The van der Waals surface area contributed by atoms with Crippen LogP contribution in [0.5, 0.6) is 0 Å². The van der Waals surface area contributed by atoms with Crippen LogP contribution in [-0.4, -0.2) is 39.7 Å². The normalized spacial score (nSPS) is 26.8. The second kappa shape index (κ2) is 3.47. The molecule has 5 nitrogen and oxygen atoms in total. The van der Waals surface area contributed by atoms with E-state index in [1.807, 2.05) is 0 Å². The summed E-state index contributed by atoms with van der Waals surface area (Å²) in [6, 6.07) is 4.71. The molecule has 0 amide bonds. The highest BCUT2D eigenvalue weighted by Crippen LogP contribution is 2.59. The van der Waals surface area contributed by atoms with Gasteiger partial charge < -0.3 is 10.0 Å². The van der Waals surface area contributed by atoms with Gasteiger partial charge in [-0.2, -0.15) is 5.10 Å². The van der Waals surface area contributed by atoms with Crippen LogP contribution in [0.3, 0.4) is 0 Å². The van der Waals surface area contributed by atoms with Crippen LogP contribution in [0.15, 0.2) is 24.4 Å². The first kappa shape index (κ1) is 11.6. The first-order chi connectivity index (χ1) is 9.48. The van der Waals surface area contributed by atoms with Crippen molar-refractivity contribution in [3.63, 3.8) is 0 Å². The maximum absolute atomic E-state index is 13.2. The molecule has 2 aliphatic rings. The Balaban J connectivity index is 1.76. The predicted molar refractivity (Wildman–Crippen MR) is 66.3 cm³/mol. The number of piperidine rings is 1. The molecule has 3 heterocycles. The zero-order valence-corrected chi connectivity index (χ0v) is 10.3. The second-order valence-corrected chi connectivity index (χ2v) is 5.37. The summed E-state index contributed by atoms with van der Waals surface area (Å²) in [6.45, 7) is 0.491. The highest BCUT2D eigenvalue weighted by molar-refractivity contribution is 5.90. The average molecular weight is 279 g/mol. The van der Waals surface area contributed by atoms with E-state index < -0.39 is 23.7 Å². The number of rotatable bonds is 2. The van der Waals surface area contributed by atoms with E-state index >= 15 is 0 Å². The molecule has 1 N–H and O–H groups in total. The van der Waals surface area contributed by atoms with Crippen LogP contribution in [0, 0.1) is 11.8 Å². The van der Waals surface area contributed by atoms with Gasteiger partial charge in [0.05, 0.1) is 29.1 Å². The standard InChI is InChI=1S/C13H11F2N3O2/c14-13(15)9-5-17(6-10(9)13)11-4-7(12(19)20)3-8-1-2-16-18(8)11/h1-4,9-10H,5-6H2,(H,19,20). The number of nitrogens with zero attached hydrogens (tertiary/aromatic N) is 3. The Bertz CT molecular complexity index is 713. The number of carboxylic acids is 1. The maximum atomic E-state index is 13.2. The lowest BCUT2D eigenvalue weighted by Gasteiger charge is -2.23. The van der Waals surface area contributed by atoms with Crippen molar-refractivity contribution in [2.75, 3.05) is 18.0 Å². The summed E-state index contributed by atoms with van der Waals surface area (Å²) in [5, 5.41) is 13.3. The molecule has 0 aromatic carbocycles. The molecule has 1 saturated heterocycles. The molecule has 2 unspecified atom stereocenters. The number of aromatic carboxylic acids is 1. The molecule has 2 aromatic rings. The van der Waals surface area contributed by atoms with Crippen molar-refractivity contribution >= 4 is 17.3 Å². The lowest BCUT2D eigenvalue weighted by Crippen LogP contribution is -2.29. The third-order valence-electron chi connectivity index (χ3n) is 4.25. The lowest BCUT2D eigenvalue weighted by molar-refractivity contribution is 0.0695. The third-order valence-corrected chi connectivity index (χ3v) is 4.25. The Morgan fingerprint density at radius 3 is 2.70 bits per heavy atom. The van der Waals surface area contributed by atoms with Gasteiger partial charge in [-0.15, -0.1) is 0 Å². The zero-order chi connectivity index (χ0) is 14.1. The SMILES string of the molecule is O=C(O)c1cc(N2CC3C(C2)C3(F)F)n2nccc2c1. The van der Waals surface area contributed by atoms with Gasteiger partial charge in [0, 0.05) is 13.1 Å². The van der Waals surface area contributed by atoms with Gasteiger partial charge in [-0.1, -0.05) is 0 Å². The number of anilines is 1. The molecular weight excluding hydrogens is 268 g/mol. The first-order valence-electron chi connectivity index (χ1n) is 6.32. The summed E-state index contributed by atoms with van der Waals surface area (Å²) in [7, 11) is 0. The van der Waals surface area contributed by atoms with E-state index in [4.69, 9.17) is 5.11 Å². The Labute approximate surface area is 112 Å². The number of halogens is 2. The lowest BCUT2D eigenvalue weighted by atomic mass is 10.2. The minimum absolute atomic E-state index is 0.139. The Hall–Kier alpha value is -2.18. The predicted octanol–water partition coefficient (Wildman–Crippen LogP) is 1.73. The fourth-order valence-electron chi connectivity index (χ4n) is 3.06. The van der Waals surface area contributed by atoms with E-state index in [9.17, 15) is 13.6 Å². The summed E-state index contributed by atoms with van der Waals surface area (Å²) in [6.07, 6.45) is 1.57. The monoisotopic (exact) mass is 279 g/mol. The Kier molecular flexibility index (Phi) is 2.02. The molecule has 0 bridgehead atoms. The number of hydrogen-bond acceptors (Lipinski definition) is 3. The average Bonchev–Trinajstić information content (AvgIpc) is 2.90. The number of fused-ring (bicyclic) bond motifs is 2. The number of pyridine rings is 1. The van der Waals surface area contributed by atoms with E-state index in [0.29, 0.717) is 11.3 Å². The van der Waals surface area contributed by atoms with Crippen molar-refractivity contribution in [3.05, 3.63) is 30.0 Å². The van der Waals surface area contributed by atoms with Gasteiger partial charge in [-0.05, 0) is 18.2 Å². The van der Waals surface area contributed by atoms with E-state index in [0.717, 1.165) is 0 Å². The van der Waals surface area contributed by atoms with Gasteiger partial charge in [-0.3, -0.25) is 0 Å². The third kappa shape index (κ3) is 1.40. The van der Waals surface area contributed by atoms with Crippen LogP contribution in [0.2, 0.25) is 0 Å². The minimum atomic E-state index is -2.55. The van der Waals surface area contributed by atoms with Crippen LogP contribution in [0.1, 0.15) is 10.4 Å². The highest BCUT2D eigenvalue weighted by Gasteiger charge is 2.71. The van der Waals surface area contributed by atoms with Crippen LogP contribution in [0.4, 0.5) is 14.6 Å². The van der Waals surface area contributed by atoms with Gasteiger partial charge in [0.2, 0.25) is 0 Å². The van der Waals surface area contributed by atoms with Crippen molar-refractivity contribution in [1.82, 2.24) is 9.61 Å². The van der Waals surface area contributed by atoms with Crippen molar-refractivity contribution < 1.29 is 18.7 Å². The van der Waals surface area contributed by atoms with Crippen LogP contribution in [-0.2, 0) is 0 Å². The molecule has 7 heteroatoms. The molecule has 0 spiro atoms. The minimum Gasteiger partial charge on any atom is -0.478 e. The quantitative estimate of drug-likeness (QED) is 0.909. The van der Waals surface area contributed by atoms with E-state index in [-0.39, 0.29) is 18.7 Å². The topological polar surface area (TPSA) is 57.8 Å². The van der Waals surface area contributed by atoms with Gasteiger partial charge in [0.1, 0.15) is 5.82 Å². The summed E-state index contributed by atoms with van der Waals surface area (Å²) in [5.74, 6) is -4.25. The van der Waals surface area contributed by atoms with Crippen molar-refractivity contribution in [3.8, 4) is 0 Å². The largest absolute Gasteiger partial charge is 0.478 e. The van der Waals surface area contributed by atoms with Gasteiger partial charge in [0.25, 0.3) is 5.92 Å². The smallest absolute Gasteiger partial charge is 0.335 e. The Morgan fingerprint density at radius 2 is 2.05 bits per heavy atom. The molecule has 0 radical (unpaired) electrons. The van der Waals surface area contributed by atoms with Gasteiger partial charge in [-0.25, -0.2) is 18.1 Å². The molecule has 20 heavy (non-hydrogen) atoms. The molecule has 2 atom stereocenters. The molecular formula is C13H11F2N3O2. The van der Waals surface area contributed by atoms with Crippen molar-refractivity contribution in [1.29, 1.82) is 0 Å². The van der Waals surface area contributed by atoms with Crippen LogP contribution < -0.4 is 4.90 Å². The second-order valence-electron chi connectivity index (χ2n) is 5.37. The van der Waals surface area contributed by atoms with E-state index in [1.54, 1.807) is 21.7 Å². The summed E-state index contributed by atoms with van der Waals surface area (Å²) < 4.78 is 28.1. The van der Waals surface area contributed by atoms with Crippen LogP contribution >= 0.6 is 0 Å². The number of aromatic nitrogens is 2. The Morgan fingerprint density at radius 1 is 1.35 bits per heavy atom. The summed E-state index contributed by atoms with van der Waals surface area (Å²) in [5.41, 5.74) is 0.785. The zero-order valence-electron chi connectivity index (χ0n) is 10.3. The molecule has 1 aliphatic carbocycles. The fourth-order valence-corrected chi connectivity index (χ4v) is 3.06. The maximum Gasteiger partial charge on any atom is 0.335 e. The van der Waals surface area contributed by atoms with Crippen molar-refractivity contribution in [2.24, 2.45) is 11.8 Å². The van der Waals surface area contributed by atoms with Gasteiger partial charge in [0.15, 0.2) is 0 Å². The van der Waals surface area contributed by atoms with E-state index in [2.05, 4.69) is 5.10 Å². The highest BCUT2D eigenvalue weighted by atomic mass is 19.3. The van der Waals surface area contributed by atoms with Gasteiger partial charge >= 0.3 is 5.97 Å². The molecule has 2 fully saturated rings. The number of alkyl halides is 2. The molecule has 104 valence electrons. The fraction of sp³-hybridized carbons (Fsp3) is 0.385. The first-order valence-corrected chi connectivity index (χ1v) is 6.32. The van der Waals surface area contributed by atoms with Crippen molar-refractivity contribution in [2.45, 2.75) is 5.92 Å². The molecule has 4 rings (SSSR count). The molecule has 2 aromatic heterocycles. The van der Waals surface area contributed by atoms with E-state index in [1.165, 1.54) is 12.1 Å². The van der Waals surface area contributed by atoms with Crippen LogP contribution in [0.25, 0.3) is 5.52 Å². The molecule has 1 aliphatic heterocycles. The number of hydrogen-bond donors (Lipinski definition) is 1. The molecule has 1 saturated carbocycles. The summed E-state index contributed by atoms with van der Waals surface area (Å²) in [4.78, 5) is 12.9.